The first-order chi connectivity index (χ1) is 12.2. The number of rotatable bonds is 4. The second-order valence-corrected chi connectivity index (χ2v) is 7.81. The maximum absolute atomic E-state index is 5.33. The average molecular weight is 393 g/mol. The van der Waals surface area contributed by atoms with E-state index in [0.29, 0.717) is 5.92 Å². The van der Waals surface area contributed by atoms with E-state index in [2.05, 4.69) is 28.9 Å². The van der Waals surface area contributed by atoms with Crippen LogP contribution in [0.1, 0.15) is 35.0 Å². The van der Waals surface area contributed by atoms with Crippen molar-refractivity contribution in [3.8, 4) is 5.75 Å². The first-order valence-electron chi connectivity index (χ1n) is 8.77. The molecule has 0 spiro atoms. The minimum atomic E-state index is 0. The van der Waals surface area contributed by atoms with Crippen molar-refractivity contribution < 1.29 is 4.74 Å². The molecule has 1 saturated heterocycles. The number of anilines is 2. The zero-order valence-corrected chi connectivity index (χ0v) is 17.0. The highest BCUT2D eigenvalue weighted by atomic mass is 35.5. The van der Waals surface area contributed by atoms with Crippen LogP contribution in [0.5, 0.6) is 5.75 Å². The van der Waals surface area contributed by atoms with Crippen molar-refractivity contribution in [2.45, 2.75) is 32.6 Å². The van der Waals surface area contributed by atoms with Gasteiger partial charge in [-0.05, 0) is 45.4 Å². The van der Waals surface area contributed by atoms with Gasteiger partial charge in [0, 0.05) is 34.8 Å². The number of hydrogen-bond acceptors (Lipinski definition) is 5. The molecule has 1 aromatic carbocycles. The zero-order chi connectivity index (χ0) is 17.4. The number of hydrogen-bond donors (Lipinski definition) is 2. The maximum atomic E-state index is 5.33. The van der Waals surface area contributed by atoms with Gasteiger partial charge >= 0.3 is 0 Å². The highest BCUT2D eigenvalue weighted by molar-refractivity contribution is 7.17. The Labute approximate surface area is 164 Å². The summed E-state index contributed by atoms with van der Waals surface area (Å²) in [6, 6.07) is 7.98. The van der Waals surface area contributed by atoms with Gasteiger partial charge in [0.2, 0.25) is 5.95 Å². The molecule has 0 aliphatic carbocycles. The van der Waals surface area contributed by atoms with Crippen molar-refractivity contribution >= 4 is 40.2 Å². The van der Waals surface area contributed by atoms with E-state index in [4.69, 9.17) is 9.72 Å². The van der Waals surface area contributed by atoms with Gasteiger partial charge in [0.25, 0.3) is 0 Å². The third kappa shape index (κ3) is 3.41. The number of ether oxygens (including phenoxy) is 1. The molecule has 0 amide bonds. The van der Waals surface area contributed by atoms with Crippen molar-refractivity contribution in [3.63, 3.8) is 0 Å². The van der Waals surface area contributed by atoms with Gasteiger partial charge in [-0.15, -0.1) is 23.7 Å². The normalized spacial score (nSPS) is 17.1. The Kier molecular flexibility index (Phi) is 5.75. The Morgan fingerprint density at radius 1 is 1.35 bits per heavy atom. The molecule has 3 aromatic rings. The third-order valence-electron chi connectivity index (χ3n) is 4.96. The number of aryl methyl sites for hydroxylation is 2. The number of nitrogens with zero attached hydrogens (tertiary/aromatic N) is 2. The molecular formula is C19H25ClN4OS. The molecule has 1 aliphatic heterocycles. The van der Waals surface area contributed by atoms with E-state index in [9.17, 15) is 0 Å². The van der Waals surface area contributed by atoms with Crippen LogP contribution in [0.3, 0.4) is 0 Å². The first kappa shape index (κ1) is 19.0. The van der Waals surface area contributed by atoms with Crippen molar-refractivity contribution in [1.29, 1.82) is 0 Å². The Balaban J connectivity index is 0.00000196. The molecule has 5 nitrogen and oxygen atoms in total. The molecule has 26 heavy (non-hydrogen) atoms. The first-order valence-corrected chi connectivity index (χ1v) is 9.59. The van der Waals surface area contributed by atoms with Gasteiger partial charge in [0.05, 0.1) is 12.8 Å². The fraction of sp³-hybridized carbons (Fsp3) is 0.421. The molecule has 4 rings (SSSR count). The molecule has 2 aromatic heterocycles. The highest BCUT2D eigenvalue weighted by Gasteiger charge is 2.25. The lowest BCUT2D eigenvalue weighted by Gasteiger charge is -2.20. The van der Waals surface area contributed by atoms with Crippen molar-refractivity contribution in [1.82, 2.24) is 14.7 Å². The summed E-state index contributed by atoms with van der Waals surface area (Å²) in [7, 11) is 1.69. The van der Waals surface area contributed by atoms with Gasteiger partial charge < -0.3 is 15.4 Å². The number of aromatic nitrogens is 2. The van der Waals surface area contributed by atoms with Crippen molar-refractivity contribution in [3.05, 3.63) is 40.5 Å². The molecule has 140 valence electrons. The van der Waals surface area contributed by atoms with Crippen LogP contribution in [0.25, 0.3) is 4.83 Å². The predicted octanol–water partition coefficient (Wildman–Crippen LogP) is 4.65. The number of nitrogens with one attached hydrogen (secondary N) is 2. The Hall–Kier alpha value is -1.76. The Morgan fingerprint density at radius 3 is 2.92 bits per heavy atom. The van der Waals surface area contributed by atoms with Gasteiger partial charge in [0.1, 0.15) is 10.6 Å². The standard InChI is InChI=1S/C19H24N4OS.ClH/c1-12-13(2)25-18-17(14-6-5-9-20-11-14)22-19(23(12)18)21-15-7-4-8-16(10-15)24-3;/h4,7-8,10,14,20H,5-6,9,11H2,1-3H3,(H,21,22);1H. The minimum absolute atomic E-state index is 0. The molecule has 0 saturated carbocycles. The lowest BCUT2D eigenvalue weighted by molar-refractivity contribution is 0.415. The predicted molar refractivity (Wildman–Crippen MR) is 111 cm³/mol. The van der Waals surface area contributed by atoms with Crippen LogP contribution >= 0.6 is 23.7 Å². The molecule has 0 bridgehead atoms. The Morgan fingerprint density at radius 2 is 2.19 bits per heavy atom. The van der Waals surface area contributed by atoms with Gasteiger partial charge in [-0.3, -0.25) is 4.40 Å². The van der Waals surface area contributed by atoms with E-state index in [-0.39, 0.29) is 12.4 Å². The monoisotopic (exact) mass is 392 g/mol. The summed E-state index contributed by atoms with van der Waals surface area (Å²) in [5.74, 6) is 2.22. The summed E-state index contributed by atoms with van der Waals surface area (Å²) in [6.07, 6.45) is 2.42. The molecule has 1 atom stereocenters. The summed E-state index contributed by atoms with van der Waals surface area (Å²) in [5.41, 5.74) is 3.47. The van der Waals surface area contributed by atoms with E-state index >= 15 is 0 Å². The van der Waals surface area contributed by atoms with Crippen LogP contribution in [-0.4, -0.2) is 29.6 Å². The van der Waals surface area contributed by atoms with Crippen LogP contribution in [0.4, 0.5) is 11.6 Å². The molecule has 1 fully saturated rings. The zero-order valence-electron chi connectivity index (χ0n) is 15.3. The van der Waals surface area contributed by atoms with Crippen LogP contribution < -0.4 is 15.4 Å². The molecule has 1 unspecified atom stereocenters. The van der Waals surface area contributed by atoms with Gasteiger partial charge in [0.15, 0.2) is 0 Å². The number of fused-ring (bicyclic) bond motifs is 1. The summed E-state index contributed by atoms with van der Waals surface area (Å²) in [4.78, 5) is 7.62. The molecule has 1 aliphatic rings. The van der Waals surface area contributed by atoms with Gasteiger partial charge in [-0.1, -0.05) is 6.07 Å². The quantitative estimate of drug-likeness (QED) is 0.678. The average Bonchev–Trinajstić information content (AvgIpc) is 3.13. The highest BCUT2D eigenvalue weighted by Crippen LogP contribution is 2.36. The second-order valence-electron chi connectivity index (χ2n) is 6.61. The summed E-state index contributed by atoms with van der Waals surface area (Å²) in [5, 5.41) is 7.01. The number of piperidine rings is 1. The van der Waals surface area contributed by atoms with E-state index in [1.165, 1.54) is 33.9 Å². The SMILES string of the molecule is COc1cccc(Nc2nc(C3CCCNC3)c3sc(C)c(C)n23)c1.Cl. The fourth-order valence-electron chi connectivity index (χ4n) is 3.47. The van der Waals surface area contributed by atoms with Crippen molar-refractivity contribution in [2.24, 2.45) is 0 Å². The number of thiazole rings is 1. The van der Waals surface area contributed by atoms with Crippen LogP contribution in [0, 0.1) is 13.8 Å². The number of benzene rings is 1. The number of imidazole rings is 1. The molecule has 3 heterocycles. The molecule has 0 radical (unpaired) electrons. The van der Waals surface area contributed by atoms with Crippen molar-refractivity contribution in [2.75, 3.05) is 25.5 Å². The van der Waals surface area contributed by atoms with Crippen LogP contribution in [0.15, 0.2) is 24.3 Å². The van der Waals surface area contributed by atoms with Crippen LogP contribution in [0.2, 0.25) is 0 Å². The van der Waals surface area contributed by atoms with Gasteiger partial charge in [-0.25, -0.2) is 4.98 Å². The van der Waals surface area contributed by atoms with E-state index in [1.807, 2.05) is 35.6 Å². The fourth-order valence-corrected chi connectivity index (χ4v) is 4.63. The molecule has 7 heteroatoms. The number of methoxy groups -OCH3 is 1. The van der Waals surface area contributed by atoms with E-state index in [1.54, 1.807) is 7.11 Å². The molecular weight excluding hydrogens is 368 g/mol. The minimum Gasteiger partial charge on any atom is -0.497 e. The van der Waals surface area contributed by atoms with Crippen LogP contribution in [-0.2, 0) is 0 Å². The third-order valence-corrected chi connectivity index (χ3v) is 6.15. The smallest absolute Gasteiger partial charge is 0.213 e. The largest absolute Gasteiger partial charge is 0.497 e. The Bertz CT molecular complexity index is 898. The van der Waals surface area contributed by atoms with Gasteiger partial charge in [-0.2, -0.15) is 0 Å². The lowest BCUT2D eigenvalue weighted by Crippen LogP contribution is -2.28. The lowest BCUT2D eigenvalue weighted by atomic mass is 9.97. The van der Waals surface area contributed by atoms with E-state index < -0.39 is 0 Å². The molecule has 2 N–H and O–H groups in total. The second kappa shape index (κ2) is 7.86. The topological polar surface area (TPSA) is 50.6 Å². The van der Waals surface area contributed by atoms with E-state index in [0.717, 1.165) is 30.5 Å². The summed E-state index contributed by atoms with van der Waals surface area (Å²) in [6.45, 7) is 6.48. The summed E-state index contributed by atoms with van der Waals surface area (Å²) >= 11 is 1.85. The maximum Gasteiger partial charge on any atom is 0.213 e. The summed E-state index contributed by atoms with van der Waals surface area (Å²) < 4.78 is 7.60. The number of halogens is 1.